The van der Waals surface area contributed by atoms with E-state index < -0.39 is 0 Å². The molecule has 0 aliphatic heterocycles. The number of para-hydroxylation sites is 1. The van der Waals surface area contributed by atoms with Crippen LogP contribution in [0.5, 0.6) is 5.75 Å². The van der Waals surface area contributed by atoms with Gasteiger partial charge in [0.25, 0.3) is 0 Å². The van der Waals surface area contributed by atoms with Crippen molar-refractivity contribution < 1.29 is 9.53 Å². The fourth-order valence-corrected chi connectivity index (χ4v) is 3.82. The molecule has 2 nitrogen and oxygen atoms in total. The number of ether oxygens (including phenoxy) is 1. The van der Waals surface area contributed by atoms with Crippen molar-refractivity contribution in [3.05, 3.63) is 42.5 Å². The van der Waals surface area contributed by atoms with E-state index in [1.807, 2.05) is 18.2 Å². The third-order valence-electron chi connectivity index (χ3n) is 5.65. The van der Waals surface area contributed by atoms with Gasteiger partial charge in [0.15, 0.2) is 0 Å². The van der Waals surface area contributed by atoms with E-state index in [9.17, 15) is 4.79 Å². The van der Waals surface area contributed by atoms with Crippen molar-refractivity contribution in [2.45, 2.75) is 116 Å². The van der Waals surface area contributed by atoms with Crippen LogP contribution in [-0.2, 0) is 11.2 Å². The van der Waals surface area contributed by atoms with Gasteiger partial charge in [0.2, 0.25) is 0 Å². The van der Waals surface area contributed by atoms with Crippen LogP contribution in [0.2, 0.25) is 0 Å². The molecule has 0 aliphatic rings. The van der Waals surface area contributed by atoms with E-state index in [1.165, 1.54) is 102 Å². The molecule has 0 atom stereocenters. The van der Waals surface area contributed by atoms with Gasteiger partial charge in [-0.15, -0.1) is 0 Å². The zero-order chi connectivity index (χ0) is 21.0. The van der Waals surface area contributed by atoms with E-state index in [0.29, 0.717) is 5.75 Å². The van der Waals surface area contributed by atoms with Crippen molar-refractivity contribution in [1.82, 2.24) is 0 Å². The second-order valence-electron chi connectivity index (χ2n) is 8.29. The molecular formula is C27H44O2. The summed E-state index contributed by atoms with van der Waals surface area (Å²) >= 11 is 0. The maximum atomic E-state index is 11.4. The Hall–Kier alpha value is -1.57. The number of rotatable bonds is 19. The van der Waals surface area contributed by atoms with Gasteiger partial charge in [-0.3, -0.25) is 0 Å². The van der Waals surface area contributed by atoms with Gasteiger partial charge in [0.05, 0.1) is 0 Å². The molecule has 164 valence electrons. The van der Waals surface area contributed by atoms with Gasteiger partial charge in [-0.2, -0.15) is 0 Å². The van der Waals surface area contributed by atoms with Crippen LogP contribution in [0.3, 0.4) is 0 Å². The average Bonchev–Trinajstić information content (AvgIpc) is 2.74. The smallest absolute Gasteiger partial charge is 0.335 e. The highest BCUT2D eigenvalue weighted by atomic mass is 16.5. The first-order valence-corrected chi connectivity index (χ1v) is 12.2. The first kappa shape index (κ1) is 25.5. The number of unbranched alkanes of at least 4 members (excludes halogenated alkanes) is 15. The molecular weight excluding hydrogens is 356 g/mol. The van der Waals surface area contributed by atoms with Gasteiger partial charge in [-0.1, -0.05) is 128 Å². The van der Waals surface area contributed by atoms with Gasteiger partial charge >= 0.3 is 5.97 Å². The van der Waals surface area contributed by atoms with Gasteiger partial charge < -0.3 is 4.74 Å². The number of benzene rings is 1. The van der Waals surface area contributed by atoms with Crippen LogP contribution >= 0.6 is 0 Å². The summed E-state index contributed by atoms with van der Waals surface area (Å²) in [5.41, 5.74) is 1.12. The zero-order valence-electron chi connectivity index (χ0n) is 18.9. The van der Waals surface area contributed by atoms with E-state index in [4.69, 9.17) is 4.74 Å². The average molecular weight is 401 g/mol. The Labute approximate surface area is 180 Å². The number of hydrogen-bond donors (Lipinski definition) is 0. The molecule has 0 saturated heterocycles. The van der Waals surface area contributed by atoms with E-state index in [0.717, 1.165) is 18.4 Å². The Morgan fingerprint density at radius 2 is 1.21 bits per heavy atom. The molecule has 0 heterocycles. The molecule has 29 heavy (non-hydrogen) atoms. The lowest BCUT2D eigenvalue weighted by atomic mass is 10.0. The van der Waals surface area contributed by atoms with Gasteiger partial charge in [-0.05, 0) is 24.5 Å². The lowest BCUT2D eigenvalue weighted by Crippen LogP contribution is -2.05. The molecule has 0 saturated carbocycles. The second-order valence-corrected chi connectivity index (χ2v) is 8.29. The highest BCUT2D eigenvalue weighted by molar-refractivity contribution is 5.83. The van der Waals surface area contributed by atoms with Gasteiger partial charge in [0, 0.05) is 6.08 Å². The molecule has 0 radical (unpaired) electrons. The third kappa shape index (κ3) is 14.1. The minimum Gasteiger partial charge on any atom is -0.423 e. The molecule has 1 rings (SSSR count). The summed E-state index contributed by atoms with van der Waals surface area (Å²) in [5, 5.41) is 0. The Morgan fingerprint density at radius 3 is 1.69 bits per heavy atom. The lowest BCUT2D eigenvalue weighted by Gasteiger charge is -2.08. The number of carbonyl (C=O) groups is 1. The summed E-state index contributed by atoms with van der Waals surface area (Å²) in [5.74, 6) is 0.294. The SMILES string of the molecule is C=CC(=O)Oc1ccccc1CCCCCCCCCCCCCCCCCC. The zero-order valence-corrected chi connectivity index (χ0v) is 18.9. The largest absolute Gasteiger partial charge is 0.423 e. The van der Waals surface area contributed by atoms with E-state index in [1.54, 1.807) is 0 Å². The number of carbonyl (C=O) groups excluding carboxylic acids is 1. The summed E-state index contributed by atoms with van der Waals surface area (Å²) in [7, 11) is 0. The molecule has 1 aromatic rings. The molecule has 0 fully saturated rings. The van der Waals surface area contributed by atoms with Crippen LogP contribution in [-0.4, -0.2) is 5.97 Å². The topological polar surface area (TPSA) is 26.3 Å². The predicted octanol–water partition coefficient (Wildman–Crippen LogP) is 8.58. The standard InChI is InChI=1S/C27H44O2/c1-3-5-6-7-8-9-10-11-12-13-14-15-16-17-18-19-22-25-23-20-21-24-26(25)29-27(28)4-2/h4,20-21,23-24H,2-3,5-19,22H2,1H3. The summed E-state index contributed by atoms with van der Waals surface area (Å²) in [6.07, 6.45) is 24.3. The van der Waals surface area contributed by atoms with Gasteiger partial charge in [0.1, 0.15) is 5.75 Å². The Bertz CT molecular complexity index is 535. The Morgan fingerprint density at radius 1 is 0.759 bits per heavy atom. The molecule has 0 unspecified atom stereocenters. The van der Waals surface area contributed by atoms with E-state index >= 15 is 0 Å². The van der Waals surface area contributed by atoms with Crippen molar-refractivity contribution in [2.24, 2.45) is 0 Å². The molecule has 0 spiro atoms. The van der Waals surface area contributed by atoms with Crippen LogP contribution in [0.25, 0.3) is 0 Å². The molecule has 2 heteroatoms. The van der Waals surface area contributed by atoms with Crippen LogP contribution in [0.1, 0.15) is 115 Å². The second kappa shape index (κ2) is 18.5. The summed E-state index contributed by atoms with van der Waals surface area (Å²) in [4.78, 5) is 11.4. The maximum Gasteiger partial charge on any atom is 0.335 e. The van der Waals surface area contributed by atoms with Crippen molar-refractivity contribution in [3.8, 4) is 5.75 Å². The highest BCUT2D eigenvalue weighted by Gasteiger charge is 2.06. The molecule has 0 aliphatic carbocycles. The molecule has 1 aromatic carbocycles. The van der Waals surface area contributed by atoms with Crippen LogP contribution in [0.15, 0.2) is 36.9 Å². The normalized spacial score (nSPS) is 10.8. The number of aryl methyl sites for hydroxylation is 1. The van der Waals surface area contributed by atoms with Crippen molar-refractivity contribution in [1.29, 1.82) is 0 Å². The summed E-state index contributed by atoms with van der Waals surface area (Å²) < 4.78 is 5.32. The quantitative estimate of drug-likeness (QED) is 0.101. The summed E-state index contributed by atoms with van der Waals surface area (Å²) in [6, 6.07) is 7.83. The van der Waals surface area contributed by atoms with Crippen molar-refractivity contribution >= 4 is 5.97 Å². The maximum absolute atomic E-state index is 11.4. The molecule has 0 amide bonds. The number of esters is 1. The van der Waals surface area contributed by atoms with Gasteiger partial charge in [-0.25, -0.2) is 4.79 Å². The monoisotopic (exact) mass is 400 g/mol. The number of hydrogen-bond acceptors (Lipinski definition) is 2. The first-order chi connectivity index (χ1) is 14.3. The fourth-order valence-electron chi connectivity index (χ4n) is 3.82. The first-order valence-electron chi connectivity index (χ1n) is 12.2. The minimum atomic E-state index is -0.385. The van der Waals surface area contributed by atoms with Crippen molar-refractivity contribution in [3.63, 3.8) is 0 Å². The van der Waals surface area contributed by atoms with Crippen LogP contribution in [0.4, 0.5) is 0 Å². The predicted molar refractivity (Wildman–Crippen MR) is 126 cm³/mol. The minimum absolute atomic E-state index is 0.385. The lowest BCUT2D eigenvalue weighted by molar-refractivity contribution is -0.129. The summed E-state index contributed by atoms with van der Waals surface area (Å²) in [6.45, 7) is 5.74. The van der Waals surface area contributed by atoms with E-state index in [-0.39, 0.29) is 5.97 Å². The molecule has 0 aromatic heterocycles. The Balaban J connectivity index is 1.92. The third-order valence-corrected chi connectivity index (χ3v) is 5.65. The van der Waals surface area contributed by atoms with E-state index in [2.05, 4.69) is 19.6 Å². The highest BCUT2D eigenvalue weighted by Crippen LogP contribution is 2.21. The van der Waals surface area contributed by atoms with Crippen LogP contribution < -0.4 is 4.74 Å². The molecule has 0 N–H and O–H groups in total. The van der Waals surface area contributed by atoms with Crippen molar-refractivity contribution in [2.75, 3.05) is 0 Å². The molecule has 0 bridgehead atoms. The fraction of sp³-hybridized carbons (Fsp3) is 0.667. The van der Waals surface area contributed by atoms with Crippen LogP contribution in [0, 0.1) is 0 Å². The Kier molecular flexibility index (Phi) is 16.2.